The third-order valence-electron chi connectivity index (χ3n) is 2.45. The first kappa shape index (κ1) is 11.3. The van der Waals surface area contributed by atoms with E-state index in [0.29, 0.717) is 5.82 Å². The second-order valence-corrected chi connectivity index (χ2v) is 3.73. The smallest absolute Gasteiger partial charge is 0.335 e. The summed E-state index contributed by atoms with van der Waals surface area (Å²) < 4.78 is 1.92. The van der Waals surface area contributed by atoms with Crippen LogP contribution in [0.5, 0.6) is 0 Å². The predicted octanol–water partition coefficient (Wildman–Crippen LogP) is 2.05. The molecule has 0 unspecified atom stereocenters. The molecule has 17 heavy (non-hydrogen) atoms. The van der Waals surface area contributed by atoms with Crippen LogP contribution in [-0.2, 0) is 6.54 Å². The Labute approximate surface area is 98.7 Å². The summed E-state index contributed by atoms with van der Waals surface area (Å²) in [6.07, 6.45) is 2.63. The number of aromatic carboxylic acids is 1. The normalized spacial score (nSPS) is 10.4. The van der Waals surface area contributed by atoms with E-state index >= 15 is 0 Å². The average molecular weight is 231 g/mol. The summed E-state index contributed by atoms with van der Waals surface area (Å²) >= 11 is 0. The highest BCUT2D eigenvalue weighted by Gasteiger charge is 2.09. The Hall–Kier alpha value is -2.17. The molecule has 0 radical (unpaired) electrons. The van der Waals surface area contributed by atoms with Crippen LogP contribution in [0.25, 0.3) is 11.4 Å². The highest BCUT2D eigenvalue weighted by atomic mass is 16.4. The van der Waals surface area contributed by atoms with E-state index in [9.17, 15) is 4.79 Å². The lowest BCUT2D eigenvalue weighted by Gasteiger charge is -2.05. The number of carbonyl (C=O) groups is 1. The van der Waals surface area contributed by atoms with Crippen molar-refractivity contribution in [3.63, 3.8) is 0 Å². The van der Waals surface area contributed by atoms with E-state index in [1.165, 1.54) is 0 Å². The summed E-state index contributed by atoms with van der Waals surface area (Å²) in [5, 5.41) is 16.8. The van der Waals surface area contributed by atoms with Gasteiger partial charge in [0, 0.05) is 12.1 Å². The first-order valence-corrected chi connectivity index (χ1v) is 5.44. The number of hydrogen-bond acceptors (Lipinski definition) is 3. The Balaban J connectivity index is 2.42. The molecule has 1 heterocycles. The van der Waals surface area contributed by atoms with Crippen LogP contribution >= 0.6 is 0 Å². The third kappa shape index (κ3) is 2.33. The monoisotopic (exact) mass is 231 g/mol. The van der Waals surface area contributed by atoms with E-state index in [-0.39, 0.29) is 5.56 Å². The Morgan fingerprint density at radius 2 is 2.29 bits per heavy atom. The summed E-state index contributed by atoms with van der Waals surface area (Å²) in [6.45, 7) is 2.89. The molecule has 1 aromatic heterocycles. The number of nitrogens with zero attached hydrogens (tertiary/aromatic N) is 3. The van der Waals surface area contributed by atoms with Crippen molar-refractivity contribution in [3.8, 4) is 11.4 Å². The minimum absolute atomic E-state index is 0.258. The Morgan fingerprint density at radius 1 is 1.47 bits per heavy atom. The fraction of sp³-hybridized carbons (Fsp3) is 0.250. The molecule has 0 amide bonds. The number of carboxylic acid groups (broad SMARTS) is 1. The van der Waals surface area contributed by atoms with Gasteiger partial charge in [-0.3, -0.25) is 0 Å². The summed E-state index contributed by atoms with van der Waals surface area (Å²) in [5.74, 6) is -0.233. The maximum Gasteiger partial charge on any atom is 0.335 e. The van der Waals surface area contributed by atoms with Crippen LogP contribution in [0.1, 0.15) is 23.7 Å². The molecule has 0 saturated heterocycles. The van der Waals surface area contributed by atoms with Gasteiger partial charge in [-0.2, -0.15) is 0 Å². The lowest BCUT2D eigenvalue weighted by Crippen LogP contribution is -2.00. The highest BCUT2D eigenvalue weighted by molar-refractivity contribution is 5.89. The van der Waals surface area contributed by atoms with Crippen molar-refractivity contribution in [1.29, 1.82) is 0 Å². The zero-order valence-corrected chi connectivity index (χ0v) is 9.50. The zero-order chi connectivity index (χ0) is 12.3. The van der Waals surface area contributed by atoms with E-state index < -0.39 is 5.97 Å². The van der Waals surface area contributed by atoms with Gasteiger partial charge >= 0.3 is 5.97 Å². The molecule has 0 fully saturated rings. The fourth-order valence-electron chi connectivity index (χ4n) is 1.67. The van der Waals surface area contributed by atoms with Gasteiger partial charge in [0.15, 0.2) is 5.82 Å². The predicted molar refractivity (Wildman–Crippen MR) is 62.7 cm³/mol. The second-order valence-electron chi connectivity index (χ2n) is 3.73. The summed E-state index contributed by atoms with van der Waals surface area (Å²) in [7, 11) is 0. The number of aromatic nitrogens is 3. The number of rotatable bonds is 4. The van der Waals surface area contributed by atoms with Crippen LogP contribution in [-0.4, -0.2) is 25.8 Å². The molecule has 88 valence electrons. The summed E-state index contributed by atoms with van der Waals surface area (Å²) in [4.78, 5) is 10.9. The van der Waals surface area contributed by atoms with Crippen molar-refractivity contribution in [2.24, 2.45) is 0 Å². The molecule has 0 aliphatic rings. The minimum Gasteiger partial charge on any atom is -0.478 e. The fourth-order valence-corrected chi connectivity index (χ4v) is 1.67. The van der Waals surface area contributed by atoms with Crippen molar-refractivity contribution in [2.45, 2.75) is 19.9 Å². The number of aryl methyl sites for hydroxylation is 1. The molecule has 1 aromatic carbocycles. The van der Waals surface area contributed by atoms with Crippen LogP contribution < -0.4 is 0 Å². The number of benzene rings is 1. The SMILES string of the molecule is CCCn1cnnc1-c1cccc(C(=O)O)c1. The molecular formula is C12H13N3O2. The van der Waals surface area contributed by atoms with Crippen LogP contribution in [0.3, 0.4) is 0 Å². The Bertz CT molecular complexity index is 534. The Morgan fingerprint density at radius 3 is 3.00 bits per heavy atom. The van der Waals surface area contributed by atoms with Crippen LogP contribution in [0.4, 0.5) is 0 Å². The average Bonchev–Trinajstić information content (AvgIpc) is 2.78. The molecule has 0 aliphatic heterocycles. The maximum absolute atomic E-state index is 10.9. The van der Waals surface area contributed by atoms with Crippen molar-refractivity contribution < 1.29 is 9.90 Å². The molecule has 0 bridgehead atoms. The molecule has 0 atom stereocenters. The zero-order valence-electron chi connectivity index (χ0n) is 9.50. The summed E-state index contributed by atoms with van der Waals surface area (Å²) in [6, 6.07) is 6.72. The quantitative estimate of drug-likeness (QED) is 0.874. The molecule has 5 nitrogen and oxygen atoms in total. The van der Waals surface area contributed by atoms with E-state index in [1.54, 1.807) is 24.5 Å². The van der Waals surface area contributed by atoms with E-state index in [2.05, 4.69) is 17.1 Å². The topological polar surface area (TPSA) is 68.0 Å². The lowest BCUT2D eigenvalue weighted by atomic mass is 10.1. The first-order valence-electron chi connectivity index (χ1n) is 5.44. The third-order valence-corrected chi connectivity index (χ3v) is 2.45. The molecule has 2 aromatic rings. The van der Waals surface area contributed by atoms with E-state index in [0.717, 1.165) is 18.5 Å². The molecular weight excluding hydrogens is 218 g/mol. The van der Waals surface area contributed by atoms with Gasteiger partial charge in [-0.1, -0.05) is 19.1 Å². The van der Waals surface area contributed by atoms with Crippen molar-refractivity contribution >= 4 is 5.97 Å². The summed E-state index contributed by atoms with van der Waals surface area (Å²) in [5.41, 5.74) is 1.03. The molecule has 5 heteroatoms. The van der Waals surface area contributed by atoms with Gasteiger partial charge in [0.25, 0.3) is 0 Å². The molecule has 1 N–H and O–H groups in total. The van der Waals surface area contributed by atoms with Gasteiger partial charge in [0.05, 0.1) is 5.56 Å². The van der Waals surface area contributed by atoms with Gasteiger partial charge in [-0.05, 0) is 18.6 Å². The molecule has 0 spiro atoms. The second kappa shape index (κ2) is 4.78. The van der Waals surface area contributed by atoms with Crippen LogP contribution in [0.15, 0.2) is 30.6 Å². The van der Waals surface area contributed by atoms with Crippen LogP contribution in [0, 0.1) is 0 Å². The van der Waals surface area contributed by atoms with Crippen molar-refractivity contribution in [2.75, 3.05) is 0 Å². The van der Waals surface area contributed by atoms with Gasteiger partial charge < -0.3 is 9.67 Å². The lowest BCUT2D eigenvalue weighted by molar-refractivity contribution is 0.0697. The number of carboxylic acids is 1. The van der Waals surface area contributed by atoms with E-state index in [4.69, 9.17) is 5.11 Å². The van der Waals surface area contributed by atoms with Gasteiger partial charge in [0.1, 0.15) is 6.33 Å². The van der Waals surface area contributed by atoms with Gasteiger partial charge in [-0.15, -0.1) is 10.2 Å². The molecule has 0 saturated carbocycles. The number of hydrogen-bond donors (Lipinski definition) is 1. The van der Waals surface area contributed by atoms with E-state index in [1.807, 2.05) is 10.6 Å². The van der Waals surface area contributed by atoms with Crippen molar-refractivity contribution in [1.82, 2.24) is 14.8 Å². The van der Waals surface area contributed by atoms with Crippen molar-refractivity contribution in [3.05, 3.63) is 36.2 Å². The molecule has 2 rings (SSSR count). The van der Waals surface area contributed by atoms with Gasteiger partial charge in [-0.25, -0.2) is 4.79 Å². The Kier molecular flexibility index (Phi) is 3.18. The maximum atomic E-state index is 10.9. The molecule has 0 aliphatic carbocycles. The largest absolute Gasteiger partial charge is 0.478 e. The minimum atomic E-state index is -0.937. The van der Waals surface area contributed by atoms with Gasteiger partial charge in [0.2, 0.25) is 0 Å². The van der Waals surface area contributed by atoms with Crippen LogP contribution in [0.2, 0.25) is 0 Å². The highest BCUT2D eigenvalue weighted by Crippen LogP contribution is 2.18. The standard InChI is InChI=1S/C12H13N3O2/c1-2-6-15-8-13-14-11(15)9-4-3-5-10(7-9)12(16)17/h3-5,7-8H,2,6H2,1H3,(H,16,17). The first-order chi connectivity index (χ1) is 8.22.